The number of hydrogen-bond acceptors (Lipinski definition) is 5. The zero-order chi connectivity index (χ0) is 20.1. The number of aromatic nitrogens is 1. The van der Waals surface area contributed by atoms with Crippen LogP contribution in [0.5, 0.6) is 0 Å². The predicted octanol–water partition coefficient (Wildman–Crippen LogP) is 4.62. The Balaban J connectivity index is 1.23. The normalized spacial score (nSPS) is 14.3. The molecule has 152 valence electrons. The van der Waals surface area contributed by atoms with Crippen LogP contribution in [0.1, 0.15) is 24.3 Å². The Kier molecular flexibility index (Phi) is 6.36. The van der Waals surface area contributed by atoms with E-state index in [2.05, 4.69) is 16.4 Å². The summed E-state index contributed by atoms with van der Waals surface area (Å²) in [5.74, 6) is -0.409. The zero-order valence-corrected chi connectivity index (χ0v) is 17.0. The summed E-state index contributed by atoms with van der Waals surface area (Å²) in [6.07, 6.45) is 2.96. The maximum Gasteiger partial charge on any atom is 0.224 e. The first-order valence-electron chi connectivity index (χ1n) is 9.95. The number of fused-ring (bicyclic) bond motifs is 1. The van der Waals surface area contributed by atoms with Crippen molar-refractivity contribution in [1.29, 1.82) is 0 Å². The molecule has 0 atom stereocenters. The topological polar surface area (TPSA) is 54.5 Å². The highest BCUT2D eigenvalue weighted by Gasteiger charge is 2.15. The molecule has 1 aromatic heterocycles. The number of hydrogen-bond donors (Lipinski definition) is 1. The summed E-state index contributed by atoms with van der Waals surface area (Å²) in [4.78, 5) is 18.8. The number of morpholine rings is 1. The number of amides is 1. The highest BCUT2D eigenvalue weighted by Crippen LogP contribution is 2.25. The molecule has 4 rings (SSSR count). The molecule has 1 fully saturated rings. The molecule has 1 aliphatic heterocycles. The van der Waals surface area contributed by atoms with Gasteiger partial charge < -0.3 is 15.0 Å². The number of para-hydroxylation sites is 1. The number of thiazole rings is 1. The highest BCUT2D eigenvalue weighted by atomic mass is 32.1. The third-order valence-electron chi connectivity index (χ3n) is 4.97. The first-order chi connectivity index (χ1) is 14.2. The minimum Gasteiger partial charge on any atom is -0.378 e. The van der Waals surface area contributed by atoms with Crippen molar-refractivity contribution >= 4 is 38.8 Å². The van der Waals surface area contributed by atoms with E-state index in [1.165, 1.54) is 10.8 Å². The van der Waals surface area contributed by atoms with Crippen molar-refractivity contribution in [2.45, 2.75) is 25.7 Å². The Morgan fingerprint density at radius 1 is 1.17 bits per heavy atom. The molecule has 7 heteroatoms. The molecule has 0 unspecified atom stereocenters. The molecule has 0 radical (unpaired) electrons. The zero-order valence-electron chi connectivity index (χ0n) is 16.2. The van der Waals surface area contributed by atoms with Crippen LogP contribution in [-0.2, 0) is 16.0 Å². The molecule has 1 amide bonds. The first kappa shape index (κ1) is 19.8. The molecule has 3 aromatic rings. The van der Waals surface area contributed by atoms with Crippen molar-refractivity contribution < 1.29 is 13.9 Å². The van der Waals surface area contributed by atoms with Gasteiger partial charge in [0.05, 0.1) is 34.1 Å². The fourth-order valence-corrected chi connectivity index (χ4v) is 4.47. The molecule has 0 bridgehead atoms. The highest BCUT2D eigenvalue weighted by molar-refractivity contribution is 7.18. The molecule has 29 heavy (non-hydrogen) atoms. The second-order valence-corrected chi connectivity index (χ2v) is 8.21. The summed E-state index contributed by atoms with van der Waals surface area (Å²) in [5.41, 5.74) is 2.09. The fraction of sp³-hybridized carbons (Fsp3) is 0.364. The van der Waals surface area contributed by atoms with Crippen LogP contribution in [0, 0.1) is 5.82 Å². The van der Waals surface area contributed by atoms with Gasteiger partial charge in [-0.3, -0.25) is 4.79 Å². The van der Waals surface area contributed by atoms with E-state index in [4.69, 9.17) is 4.74 Å². The number of carbonyl (C=O) groups is 1. The van der Waals surface area contributed by atoms with Crippen LogP contribution in [0.3, 0.4) is 0 Å². The standard InChI is InChI=1S/C22H24FN3O2S/c23-17-15-16(9-10-19(17)26-11-13-28-14-12-26)24-21(27)7-3-4-8-22-25-18-5-1-2-6-20(18)29-22/h1-2,5-6,9-10,15H,3-4,7-8,11-14H2,(H,24,27). The number of carbonyl (C=O) groups excluding carboxylic acids is 1. The number of halogens is 1. The quantitative estimate of drug-likeness (QED) is 0.574. The Morgan fingerprint density at radius 2 is 2.00 bits per heavy atom. The van der Waals surface area contributed by atoms with Gasteiger partial charge in [0.25, 0.3) is 0 Å². The number of ether oxygens (including phenoxy) is 1. The molecule has 0 spiro atoms. The van der Waals surface area contributed by atoms with E-state index in [-0.39, 0.29) is 11.7 Å². The lowest BCUT2D eigenvalue weighted by Crippen LogP contribution is -2.36. The van der Waals surface area contributed by atoms with Crippen LogP contribution in [-0.4, -0.2) is 37.2 Å². The minimum absolute atomic E-state index is 0.0900. The van der Waals surface area contributed by atoms with Gasteiger partial charge in [0.15, 0.2) is 0 Å². The lowest BCUT2D eigenvalue weighted by molar-refractivity contribution is -0.116. The number of unbranched alkanes of at least 4 members (excludes halogenated alkanes) is 1. The van der Waals surface area contributed by atoms with Gasteiger partial charge in [-0.05, 0) is 49.6 Å². The maximum atomic E-state index is 14.4. The van der Waals surface area contributed by atoms with E-state index in [0.717, 1.165) is 29.8 Å². The summed E-state index contributed by atoms with van der Waals surface area (Å²) >= 11 is 1.71. The molecule has 1 saturated heterocycles. The van der Waals surface area contributed by atoms with E-state index in [1.807, 2.05) is 23.1 Å². The van der Waals surface area contributed by atoms with Gasteiger partial charge in [-0.2, -0.15) is 0 Å². The number of nitrogens with zero attached hydrogens (tertiary/aromatic N) is 2. The minimum atomic E-state index is -0.319. The molecule has 1 N–H and O–H groups in total. The summed E-state index contributed by atoms with van der Waals surface area (Å²) in [5, 5.41) is 3.90. The Hall–Kier alpha value is -2.51. The van der Waals surface area contributed by atoms with E-state index in [9.17, 15) is 9.18 Å². The van der Waals surface area contributed by atoms with E-state index < -0.39 is 0 Å². The SMILES string of the molecule is O=C(CCCCc1nc2ccccc2s1)Nc1ccc(N2CCOCC2)c(F)c1. The van der Waals surface area contributed by atoms with E-state index >= 15 is 0 Å². The average Bonchev–Trinajstić information content (AvgIpc) is 3.15. The largest absolute Gasteiger partial charge is 0.378 e. The van der Waals surface area contributed by atoms with E-state index in [0.29, 0.717) is 44.1 Å². The second-order valence-electron chi connectivity index (χ2n) is 7.10. The van der Waals surface area contributed by atoms with Crippen molar-refractivity contribution in [2.75, 3.05) is 36.5 Å². The Bertz CT molecular complexity index is 952. The van der Waals surface area contributed by atoms with Crippen LogP contribution < -0.4 is 10.2 Å². The Morgan fingerprint density at radius 3 is 2.79 bits per heavy atom. The third-order valence-corrected chi connectivity index (χ3v) is 6.06. The molecular formula is C22H24FN3O2S. The molecule has 5 nitrogen and oxygen atoms in total. The molecule has 2 aromatic carbocycles. The lowest BCUT2D eigenvalue weighted by atomic mass is 10.2. The number of aryl methyl sites for hydroxylation is 1. The summed E-state index contributed by atoms with van der Waals surface area (Å²) in [6, 6.07) is 13.0. The number of nitrogens with one attached hydrogen (secondary N) is 1. The van der Waals surface area contributed by atoms with Gasteiger partial charge in [0.2, 0.25) is 5.91 Å². The summed E-state index contributed by atoms with van der Waals surface area (Å²) < 4.78 is 20.9. The first-order valence-corrected chi connectivity index (χ1v) is 10.8. The van der Waals surface area contributed by atoms with Gasteiger partial charge in [0, 0.05) is 25.2 Å². The molecule has 1 aliphatic rings. The molecule has 2 heterocycles. The smallest absolute Gasteiger partial charge is 0.224 e. The van der Waals surface area contributed by atoms with Gasteiger partial charge in [-0.25, -0.2) is 9.37 Å². The predicted molar refractivity (Wildman–Crippen MR) is 115 cm³/mol. The van der Waals surface area contributed by atoms with Crippen molar-refractivity contribution in [2.24, 2.45) is 0 Å². The van der Waals surface area contributed by atoms with Crippen LogP contribution in [0.25, 0.3) is 10.2 Å². The summed E-state index contributed by atoms with van der Waals surface area (Å²) in [7, 11) is 0. The van der Waals surface area contributed by atoms with Crippen molar-refractivity contribution in [1.82, 2.24) is 4.98 Å². The number of anilines is 2. The van der Waals surface area contributed by atoms with Crippen LogP contribution in [0.15, 0.2) is 42.5 Å². The maximum absolute atomic E-state index is 14.4. The lowest BCUT2D eigenvalue weighted by Gasteiger charge is -2.29. The van der Waals surface area contributed by atoms with Crippen molar-refractivity contribution in [3.63, 3.8) is 0 Å². The molecular weight excluding hydrogens is 389 g/mol. The van der Waals surface area contributed by atoms with Crippen molar-refractivity contribution in [3.8, 4) is 0 Å². The second kappa shape index (κ2) is 9.33. The molecule has 0 aliphatic carbocycles. The number of rotatable bonds is 7. The number of benzene rings is 2. The fourth-order valence-electron chi connectivity index (χ4n) is 3.46. The van der Waals surface area contributed by atoms with Gasteiger partial charge in [0.1, 0.15) is 5.82 Å². The van der Waals surface area contributed by atoms with Gasteiger partial charge in [-0.15, -0.1) is 11.3 Å². The van der Waals surface area contributed by atoms with E-state index in [1.54, 1.807) is 23.5 Å². The van der Waals surface area contributed by atoms with Crippen LogP contribution in [0.2, 0.25) is 0 Å². The van der Waals surface area contributed by atoms with Crippen LogP contribution >= 0.6 is 11.3 Å². The average molecular weight is 414 g/mol. The monoisotopic (exact) mass is 413 g/mol. The van der Waals surface area contributed by atoms with Gasteiger partial charge >= 0.3 is 0 Å². The van der Waals surface area contributed by atoms with Crippen molar-refractivity contribution in [3.05, 3.63) is 53.3 Å². The molecule has 0 saturated carbocycles. The summed E-state index contributed by atoms with van der Waals surface area (Å²) in [6.45, 7) is 2.57. The third kappa shape index (κ3) is 5.10. The van der Waals surface area contributed by atoms with Gasteiger partial charge in [-0.1, -0.05) is 12.1 Å². The van der Waals surface area contributed by atoms with Crippen LogP contribution in [0.4, 0.5) is 15.8 Å². The Labute approximate surface area is 173 Å².